The summed E-state index contributed by atoms with van der Waals surface area (Å²) in [5.41, 5.74) is 6.18. The maximum Gasteiger partial charge on any atom is 0.256 e. The highest BCUT2D eigenvalue weighted by molar-refractivity contribution is 6.34. The third kappa shape index (κ3) is 4.36. The zero-order chi connectivity index (χ0) is 24.5. The number of hydrogen-bond acceptors (Lipinski definition) is 4. The Morgan fingerprint density at radius 3 is 2.51 bits per heavy atom. The number of benzene rings is 3. The van der Waals surface area contributed by atoms with Gasteiger partial charge in [-0.2, -0.15) is 5.10 Å². The molecule has 35 heavy (non-hydrogen) atoms. The van der Waals surface area contributed by atoms with Gasteiger partial charge < -0.3 is 10.1 Å². The van der Waals surface area contributed by atoms with Crippen molar-refractivity contribution in [3.05, 3.63) is 101 Å². The van der Waals surface area contributed by atoms with E-state index in [4.69, 9.17) is 21.3 Å². The third-order valence-electron chi connectivity index (χ3n) is 5.93. The zero-order valence-corrected chi connectivity index (χ0v) is 20.3. The number of pyridine rings is 1. The summed E-state index contributed by atoms with van der Waals surface area (Å²) in [5.74, 6) is 0.525. The molecule has 0 radical (unpaired) electrons. The molecule has 2 heterocycles. The van der Waals surface area contributed by atoms with Gasteiger partial charge >= 0.3 is 0 Å². The Labute approximate surface area is 208 Å². The highest BCUT2D eigenvalue weighted by Crippen LogP contribution is 2.30. The molecule has 5 rings (SSSR count). The minimum absolute atomic E-state index is 0.252. The summed E-state index contributed by atoms with van der Waals surface area (Å²) in [4.78, 5) is 18.3. The van der Waals surface area contributed by atoms with E-state index in [2.05, 4.69) is 10.4 Å². The summed E-state index contributed by atoms with van der Waals surface area (Å²) < 4.78 is 7.11. The van der Waals surface area contributed by atoms with Gasteiger partial charge in [0, 0.05) is 10.9 Å². The number of carbonyl (C=O) groups is 1. The second kappa shape index (κ2) is 9.24. The van der Waals surface area contributed by atoms with E-state index >= 15 is 0 Å². The van der Waals surface area contributed by atoms with E-state index in [1.165, 1.54) is 0 Å². The summed E-state index contributed by atoms with van der Waals surface area (Å²) in [7, 11) is 1.64. The minimum Gasteiger partial charge on any atom is -0.497 e. The van der Waals surface area contributed by atoms with Crippen LogP contribution in [0.2, 0.25) is 5.02 Å². The average molecular weight is 483 g/mol. The van der Waals surface area contributed by atoms with E-state index in [0.717, 1.165) is 39.2 Å². The molecule has 3 aromatic carbocycles. The number of nitrogens with zero attached hydrogens (tertiary/aromatic N) is 3. The molecule has 0 aliphatic carbocycles. The Balaban J connectivity index is 1.60. The lowest BCUT2D eigenvalue weighted by Gasteiger charge is -2.12. The van der Waals surface area contributed by atoms with Crippen molar-refractivity contribution in [3.8, 4) is 22.7 Å². The van der Waals surface area contributed by atoms with Crippen molar-refractivity contribution >= 4 is 34.1 Å². The number of halogens is 1. The number of para-hydroxylation sites is 1. The molecule has 0 atom stereocenters. The minimum atomic E-state index is -0.252. The van der Waals surface area contributed by atoms with Crippen LogP contribution in [0.3, 0.4) is 0 Å². The maximum absolute atomic E-state index is 13.4. The Morgan fingerprint density at radius 1 is 1.00 bits per heavy atom. The fourth-order valence-electron chi connectivity index (χ4n) is 4.06. The first-order chi connectivity index (χ1) is 16.9. The van der Waals surface area contributed by atoms with Crippen molar-refractivity contribution in [3.63, 3.8) is 0 Å². The molecule has 1 N–H and O–H groups in total. The molecule has 0 aliphatic heterocycles. The maximum atomic E-state index is 13.4. The Hall–Kier alpha value is -4.16. The molecule has 1 amide bonds. The van der Waals surface area contributed by atoms with Gasteiger partial charge in [0.1, 0.15) is 5.75 Å². The number of amides is 1. The quantitative estimate of drug-likeness (QED) is 0.305. The first kappa shape index (κ1) is 22.6. The van der Waals surface area contributed by atoms with Gasteiger partial charge in [0.05, 0.1) is 52.2 Å². The van der Waals surface area contributed by atoms with Crippen molar-refractivity contribution in [2.75, 3.05) is 12.4 Å². The molecule has 0 saturated heterocycles. The van der Waals surface area contributed by atoms with Crippen LogP contribution in [0.4, 0.5) is 5.69 Å². The van der Waals surface area contributed by atoms with E-state index in [1.54, 1.807) is 25.4 Å². The average Bonchev–Trinajstić information content (AvgIpc) is 3.26. The molecule has 0 spiro atoms. The molecule has 174 valence electrons. The van der Waals surface area contributed by atoms with Gasteiger partial charge in [-0.05, 0) is 68.4 Å². The summed E-state index contributed by atoms with van der Waals surface area (Å²) in [6, 6.07) is 22.6. The van der Waals surface area contributed by atoms with Gasteiger partial charge in [0.2, 0.25) is 0 Å². The monoisotopic (exact) mass is 482 g/mol. The van der Waals surface area contributed by atoms with Gasteiger partial charge in [-0.3, -0.25) is 4.79 Å². The van der Waals surface area contributed by atoms with Crippen LogP contribution in [0.25, 0.3) is 27.8 Å². The molecular weight excluding hydrogens is 460 g/mol. The SMILES string of the molecule is COc1ccc(-n2ncc(-c3cc(C(=O)Nc4ccccc4Cl)c4cc(C)ccc4n3)c2C)cc1. The molecule has 5 aromatic rings. The summed E-state index contributed by atoms with van der Waals surface area (Å²) in [6.45, 7) is 3.98. The standard InChI is InChI=1S/C28H23ClN4O2/c1-17-8-13-25-21(14-17)22(28(34)32-26-7-5-4-6-24(26)29)15-27(31-25)23-16-30-33(18(23)2)19-9-11-20(35-3)12-10-19/h4-16H,1-3H3,(H,32,34). The molecule has 0 unspecified atom stereocenters. The second-order valence-corrected chi connectivity index (χ2v) is 8.67. The van der Waals surface area contributed by atoms with Gasteiger partial charge in [-0.15, -0.1) is 0 Å². The van der Waals surface area contributed by atoms with Crippen molar-refractivity contribution in [1.82, 2.24) is 14.8 Å². The highest BCUT2D eigenvalue weighted by atomic mass is 35.5. The summed E-state index contributed by atoms with van der Waals surface area (Å²) in [5, 5.41) is 8.78. The van der Waals surface area contributed by atoms with Crippen LogP contribution in [-0.2, 0) is 0 Å². The Morgan fingerprint density at radius 2 is 1.77 bits per heavy atom. The molecule has 6 nitrogen and oxygen atoms in total. The van der Waals surface area contributed by atoms with E-state index in [1.807, 2.05) is 79.2 Å². The molecule has 2 aromatic heterocycles. The third-order valence-corrected chi connectivity index (χ3v) is 6.26. The van der Waals surface area contributed by atoms with Crippen LogP contribution < -0.4 is 10.1 Å². The van der Waals surface area contributed by atoms with Crippen molar-refractivity contribution in [2.45, 2.75) is 13.8 Å². The molecular formula is C28H23ClN4O2. The molecule has 0 fully saturated rings. The van der Waals surface area contributed by atoms with Gasteiger partial charge in [-0.25, -0.2) is 9.67 Å². The molecule has 0 aliphatic rings. The van der Waals surface area contributed by atoms with Crippen molar-refractivity contribution in [2.24, 2.45) is 0 Å². The fraction of sp³-hybridized carbons (Fsp3) is 0.107. The lowest BCUT2D eigenvalue weighted by Crippen LogP contribution is -2.13. The van der Waals surface area contributed by atoms with E-state index in [0.29, 0.717) is 22.0 Å². The molecule has 0 saturated carbocycles. The van der Waals surface area contributed by atoms with Gasteiger partial charge in [0.15, 0.2) is 0 Å². The van der Waals surface area contributed by atoms with Crippen LogP contribution in [0.15, 0.2) is 79.0 Å². The van der Waals surface area contributed by atoms with Crippen LogP contribution in [0, 0.1) is 13.8 Å². The predicted molar refractivity (Wildman–Crippen MR) is 140 cm³/mol. The number of nitrogens with one attached hydrogen (secondary N) is 1. The van der Waals surface area contributed by atoms with Crippen molar-refractivity contribution < 1.29 is 9.53 Å². The summed E-state index contributed by atoms with van der Waals surface area (Å²) >= 11 is 6.28. The topological polar surface area (TPSA) is 69.0 Å². The molecule has 7 heteroatoms. The summed E-state index contributed by atoms with van der Waals surface area (Å²) in [6.07, 6.45) is 1.78. The van der Waals surface area contributed by atoms with Gasteiger partial charge in [0.25, 0.3) is 5.91 Å². The molecule has 0 bridgehead atoms. The Bertz CT molecular complexity index is 1560. The fourth-order valence-corrected chi connectivity index (χ4v) is 4.25. The number of fused-ring (bicyclic) bond motifs is 1. The normalized spacial score (nSPS) is 11.0. The van der Waals surface area contributed by atoms with E-state index < -0.39 is 0 Å². The number of carbonyl (C=O) groups excluding carboxylic acids is 1. The Kier molecular flexibility index (Phi) is 5.97. The number of aryl methyl sites for hydroxylation is 1. The van der Waals surface area contributed by atoms with Gasteiger partial charge in [-0.1, -0.05) is 35.4 Å². The number of aromatic nitrogens is 3. The lowest BCUT2D eigenvalue weighted by atomic mass is 10.0. The predicted octanol–water partition coefficient (Wildman–Crippen LogP) is 6.62. The lowest BCUT2D eigenvalue weighted by molar-refractivity contribution is 0.102. The van der Waals surface area contributed by atoms with Crippen LogP contribution >= 0.6 is 11.6 Å². The van der Waals surface area contributed by atoms with Crippen molar-refractivity contribution in [1.29, 1.82) is 0 Å². The smallest absolute Gasteiger partial charge is 0.256 e. The largest absolute Gasteiger partial charge is 0.497 e. The number of hydrogen-bond donors (Lipinski definition) is 1. The van der Waals surface area contributed by atoms with E-state index in [-0.39, 0.29) is 5.91 Å². The first-order valence-electron chi connectivity index (χ1n) is 11.1. The van der Waals surface area contributed by atoms with Crippen LogP contribution in [0.1, 0.15) is 21.6 Å². The number of anilines is 1. The first-order valence-corrected chi connectivity index (χ1v) is 11.5. The number of ether oxygens (including phenoxy) is 1. The van der Waals surface area contributed by atoms with Crippen LogP contribution in [-0.4, -0.2) is 27.8 Å². The van der Waals surface area contributed by atoms with Crippen LogP contribution in [0.5, 0.6) is 5.75 Å². The second-order valence-electron chi connectivity index (χ2n) is 8.26. The highest BCUT2D eigenvalue weighted by Gasteiger charge is 2.18. The number of rotatable bonds is 5. The number of methoxy groups -OCH3 is 1. The zero-order valence-electron chi connectivity index (χ0n) is 19.5. The van der Waals surface area contributed by atoms with E-state index in [9.17, 15) is 4.79 Å².